The Kier molecular flexibility index (Phi) is 8.18. The van der Waals surface area contributed by atoms with Gasteiger partial charge in [-0.25, -0.2) is 9.13 Å². The molecular formula is C8H19NO7P2. The zero-order valence-corrected chi connectivity index (χ0v) is 12.1. The van der Waals surface area contributed by atoms with Crippen molar-refractivity contribution >= 4 is 15.6 Å². The first-order chi connectivity index (χ1) is 8.12. The molecule has 0 bridgehead atoms. The van der Waals surface area contributed by atoms with Crippen molar-refractivity contribution in [2.24, 2.45) is 0 Å². The van der Waals surface area contributed by atoms with Gasteiger partial charge in [-0.05, 0) is 26.8 Å². The van der Waals surface area contributed by atoms with Crippen LogP contribution in [-0.4, -0.2) is 34.4 Å². The third kappa shape index (κ3) is 12.4. The summed E-state index contributed by atoms with van der Waals surface area (Å²) in [4.78, 5) is 25.6. The van der Waals surface area contributed by atoms with Gasteiger partial charge in [0.1, 0.15) is 0 Å². The minimum absolute atomic E-state index is 0.192. The van der Waals surface area contributed by atoms with E-state index >= 15 is 0 Å². The number of rotatable bonds is 9. The van der Waals surface area contributed by atoms with Crippen LogP contribution in [0.2, 0.25) is 0 Å². The molecule has 0 spiro atoms. The first kappa shape index (κ1) is 18.0. The number of allylic oxidation sites excluding steroid dienone is 1. The van der Waals surface area contributed by atoms with E-state index in [0.29, 0.717) is 6.54 Å². The summed E-state index contributed by atoms with van der Waals surface area (Å²) in [5.74, 6) is 0. The van der Waals surface area contributed by atoms with Gasteiger partial charge < -0.3 is 20.0 Å². The highest BCUT2D eigenvalue weighted by Crippen LogP contribution is 2.57. The average molecular weight is 303 g/mol. The van der Waals surface area contributed by atoms with Gasteiger partial charge in [-0.15, -0.1) is 0 Å². The zero-order valence-electron chi connectivity index (χ0n) is 10.3. The molecule has 0 aromatic rings. The third-order valence-corrected chi connectivity index (χ3v) is 3.80. The van der Waals surface area contributed by atoms with Crippen LogP contribution in [0.5, 0.6) is 0 Å². The Labute approximate surface area is 106 Å². The molecule has 0 aliphatic heterocycles. The molecule has 0 aromatic carbocycles. The van der Waals surface area contributed by atoms with Gasteiger partial charge in [-0.3, -0.25) is 4.52 Å². The van der Waals surface area contributed by atoms with Crippen LogP contribution in [0.15, 0.2) is 11.6 Å². The number of hydrogen-bond donors (Lipinski definition) is 4. The van der Waals surface area contributed by atoms with E-state index in [-0.39, 0.29) is 13.2 Å². The van der Waals surface area contributed by atoms with E-state index in [0.717, 1.165) is 6.42 Å². The highest BCUT2D eigenvalue weighted by atomic mass is 31.3. The fourth-order valence-electron chi connectivity index (χ4n) is 0.979. The summed E-state index contributed by atoms with van der Waals surface area (Å²) in [6, 6.07) is 0. The molecule has 10 heteroatoms. The van der Waals surface area contributed by atoms with Gasteiger partial charge in [0.05, 0.1) is 6.61 Å². The lowest BCUT2D eigenvalue weighted by Crippen LogP contribution is -2.20. The normalized spacial score (nSPS) is 15.2. The van der Waals surface area contributed by atoms with Crippen LogP contribution >= 0.6 is 15.6 Å². The summed E-state index contributed by atoms with van der Waals surface area (Å²) in [5.41, 5.74) is 1.20. The van der Waals surface area contributed by atoms with E-state index in [1.807, 2.05) is 19.9 Å². The summed E-state index contributed by atoms with van der Waals surface area (Å²) in [5, 5.41) is 2.92. The third-order valence-electron chi connectivity index (χ3n) is 1.62. The Morgan fingerprint density at radius 1 is 1.22 bits per heavy atom. The molecule has 0 radical (unpaired) electrons. The standard InChI is InChI=1S/C8H19NO7P2/c1-8(2)4-3-5-9-6-7-15-18(13,14)16-17(10,11)12/h4,9H,3,5-7H2,1-2H3,(H,13,14)(H2,10,11,12). The minimum atomic E-state index is -5.03. The molecule has 4 N–H and O–H groups in total. The smallest absolute Gasteiger partial charge is 0.314 e. The maximum Gasteiger partial charge on any atom is 0.481 e. The molecule has 18 heavy (non-hydrogen) atoms. The van der Waals surface area contributed by atoms with Gasteiger partial charge >= 0.3 is 15.6 Å². The first-order valence-electron chi connectivity index (χ1n) is 5.21. The average Bonchev–Trinajstić information content (AvgIpc) is 2.11. The van der Waals surface area contributed by atoms with Crippen molar-refractivity contribution in [1.82, 2.24) is 5.32 Å². The fourth-order valence-corrected chi connectivity index (χ4v) is 2.56. The Morgan fingerprint density at radius 3 is 2.33 bits per heavy atom. The van der Waals surface area contributed by atoms with Crippen molar-refractivity contribution in [3.63, 3.8) is 0 Å². The lowest BCUT2D eigenvalue weighted by atomic mass is 10.3. The number of phosphoric ester groups is 1. The first-order valence-corrected chi connectivity index (χ1v) is 8.23. The summed E-state index contributed by atoms with van der Waals surface area (Å²) >= 11 is 0. The van der Waals surface area contributed by atoms with Gasteiger partial charge in [-0.2, -0.15) is 4.31 Å². The van der Waals surface area contributed by atoms with Crippen LogP contribution < -0.4 is 5.32 Å². The molecular weight excluding hydrogens is 284 g/mol. The Bertz CT molecular complexity index is 360. The van der Waals surface area contributed by atoms with Gasteiger partial charge in [-0.1, -0.05) is 11.6 Å². The zero-order chi connectivity index (χ0) is 14.2. The molecule has 0 fully saturated rings. The van der Waals surface area contributed by atoms with E-state index in [1.165, 1.54) is 5.57 Å². The van der Waals surface area contributed by atoms with Crippen molar-refractivity contribution < 1.29 is 32.6 Å². The topological polar surface area (TPSA) is 125 Å². The summed E-state index contributed by atoms with van der Waals surface area (Å²) in [6.45, 7) is 4.70. The molecule has 8 nitrogen and oxygen atoms in total. The van der Waals surface area contributed by atoms with Gasteiger partial charge in [0.15, 0.2) is 0 Å². The van der Waals surface area contributed by atoms with Gasteiger partial charge in [0.2, 0.25) is 0 Å². The number of hydrogen-bond acceptors (Lipinski definition) is 5. The summed E-state index contributed by atoms with van der Waals surface area (Å²) in [6.07, 6.45) is 2.85. The second-order valence-corrected chi connectivity index (χ2v) is 6.52. The van der Waals surface area contributed by atoms with Crippen LogP contribution in [0.1, 0.15) is 20.3 Å². The van der Waals surface area contributed by atoms with Gasteiger partial charge in [0, 0.05) is 6.54 Å². The van der Waals surface area contributed by atoms with E-state index in [2.05, 4.69) is 14.2 Å². The SMILES string of the molecule is CC(C)=CCCNCCOP(=O)(O)OP(=O)(O)O. The Morgan fingerprint density at radius 2 is 1.83 bits per heavy atom. The van der Waals surface area contributed by atoms with Crippen LogP contribution in [0.25, 0.3) is 0 Å². The molecule has 0 aliphatic carbocycles. The molecule has 0 amide bonds. The monoisotopic (exact) mass is 303 g/mol. The van der Waals surface area contributed by atoms with Crippen LogP contribution in [0, 0.1) is 0 Å². The maximum absolute atomic E-state index is 11.0. The van der Waals surface area contributed by atoms with Crippen molar-refractivity contribution in [3.05, 3.63) is 11.6 Å². The van der Waals surface area contributed by atoms with Crippen LogP contribution in [0.3, 0.4) is 0 Å². The second-order valence-electron chi connectivity index (χ2n) is 3.69. The lowest BCUT2D eigenvalue weighted by molar-refractivity contribution is 0.179. The minimum Gasteiger partial charge on any atom is -0.314 e. The number of nitrogens with one attached hydrogen (secondary N) is 1. The fraction of sp³-hybridized carbons (Fsp3) is 0.750. The molecule has 0 rings (SSSR count). The van der Waals surface area contributed by atoms with Crippen molar-refractivity contribution in [2.75, 3.05) is 19.7 Å². The largest absolute Gasteiger partial charge is 0.481 e. The molecule has 0 aliphatic rings. The van der Waals surface area contributed by atoms with Crippen molar-refractivity contribution in [3.8, 4) is 0 Å². The van der Waals surface area contributed by atoms with Crippen molar-refractivity contribution in [2.45, 2.75) is 20.3 Å². The van der Waals surface area contributed by atoms with E-state index in [9.17, 15) is 9.13 Å². The molecule has 0 aromatic heterocycles. The molecule has 1 unspecified atom stereocenters. The highest BCUT2D eigenvalue weighted by molar-refractivity contribution is 7.60. The number of phosphoric acid groups is 2. The van der Waals surface area contributed by atoms with Crippen molar-refractivity contribution in [1.29, 1.82) is 0 Å². The quantitative estimate of drug-likeness (QED) is 0.284. The van der Waals surface area contributed by atoms with E-state index in [1.54, 1.807) is 0 Å². The highest BCUT2D eigenvalue weighted by Gasteiger charge is 2.31. The molecule has 108 valence electrons. The maximum atomic E-state index is 11.0. The summed E-state index contributed by atoms with van der Waals surface area (Å²) < 4.78 is 29.3. The predicted octanol–water partition coefficient (Wildman–Crippen LogP) is 1.16. The molecule has 1 atom stereocenters. The lowest BCUT2D eigenvalue weighted by Gasteiger charge is -2.12. The second kappa shape index (κ2) is 8.19. The molecule has 0 saturated heterocycles. The predicted molar refractivity (Wildman–Crippen MR) is 65.8 cm³/mol. The summed E-state index contributed by atoms with van der Waals surface area (Å²) in [7, 11) is -9.73. The van der Waals surface area contributed by atoms with Gasteiger partial charge in [0.25, 0.3) is 0 Å². The molecule has 0 saturated carbocycles. The van der Waals surface area contributed by atoms with Crippen LogP contribution in [-0.2, 0) is 18.0 Å². The Balaban J connectivity index is 3.69. The Hall–Kier alpha value is -0.0400. The molecule has 0 heterocycles. The van der Waals surface area contributed by atoms with Crippen LogP contribution in [0.4, 0.5) is 0 Å². The van der Waals surface area contributed by atoms with E-state index < -0.39 is 15.6 Å². The van der Waals surface area contributed by atoms with E-state index in [4.69, 9.17) is 14.7 Å².